The summed E-state index contributed by atoms with van der Waals surface area (Å²) in [6.45, 7) is 5.01. The number of benzene rings is 1. The number of hydrogen-bond acceptors (Lipinski definition) is 4. The van der Waals surface area contributed by atoms with E-state index < -0.39 is 0 Å². The highest BCUT2D eigenvalue weighted by molar-refractivity contribution is 5.80. The minimum absolute atomic E-state index is 0.0893. The summed E-state index contributed by atoms with van der Waals surface area (Å²) in [5.74, 6) is 0.466. The monoisotopic (exact) mass is 270 g/mol. The van der Waals surface area contributed by atoms with Gasteiger partial charge in [0.2, 0.25) is 5.91 Å². The van der Waals surface area contributed by atoms with Gasteiger partial charge >= 0.3 is 0 Å². The minimum atomic E-state index is -0.0893. The number of nitrogens with one attached hydrogen (secondary N) is 2. The lowest BCUT2D eigenvalue weighted by Crippen LogP contribution is -2.31. The van der Waals surface area contributed by atoms with E-state index in [1.165, 1.54) is 0 Å². The number of amides is 1. The second-order valence-electron chi connectivity index (χ2n) is 4.87. The third-order valence-corrected chi connectivity index (χ3v) is 2.76. The maximum absolute atomic E-state index is 11.6. The van der Waals surface area contributed by atoms with Crippen molar-refractivity contribution in [2.24, 2.45) is 5.92 Å². The molecule has 0 fully saturated rings. The van der Waals surface area contributed by atoms with Gasteiger partial charge in [0.05, 0.1) is 17.7 Å². The highest BCUT2D eigenvalue weighted by Crippen LogP contribution is 2.14. The summed E-state index contributed by atoms with van der Waals surface area (Å²) in [5, 5.41) is 23.5. The van der Waals surface area contributed by atoms with Crippen molar-refractivity contribution in [1.29, 1.82) is 10.5 Å². The zero-order valence-corrected chi connectivity index (χ0v) is 11.7. The summed E-state index contributed by atoms with van der Waals surface area (Å²) in [5.41, 5.74) is 1.29. The predicted octanol–water partition coefficient (Wildman–Crippen LogP) is 2.00. The van der Waals surface area contributed by atoms with Crippen LogP contribution in [0.4, 0.5) is 5.69 Å². The summed E-state index contributed by atoms with van der Waals surface area (Å²) in [7, 11) is 0. The Hall–Kier alpha value is -2.53. The van der Waals surface area contributed by atoms with E-state index in [0.29, 0.717) is 29.3 Å². The summed E-state index contributed by atoms with van der Waals surface area (Å²) >= 11 is 0. The molecular formula is C15H18N4O. The fraction of sp³-hybridized carbons (Fsp3) is 0.400. The molecule has 2 N–H and O–H groups in total. The Morgan fingerprint density at radius 1 is 1.25 bits per heavy atom. The third kappa shape index (κ3) is 4.99. The van der Waals surface area contributed by atoms with Crippen molar-refractivity contribution in [3.8, 4) is 12.1 Å². The number of rotatable bonds is 6. The van der Waals surface area contributed by atoms with Crippen molar-refractivity contribution in [2.75, 3.05) is 18.4 Å². The number of nitrogens with zero attached hydrogens (tertiary/aromatic N) is 2. The smallest absolute Gasteiger partial charge is 0.239 e. The largest absolute Gasteiger partial charge is 0.376 e. The summed E-state index contributed by atoms with van der Waals surface area (Å²) in [6, 6.07) is 8.72. The van der Waals surface area contributed by atoms with Crippen LogP contribution >= 0.6 is 0 Å². The molecule has 0 saturated heterocycles. The van der Waals surface area contributed by atoms with Crippen molar-refractivity contribution >= 4 is 11.6 Å². The molecule has 20 heavy (non-hydrogen) atoms. The van der Waals surface area contributed by atoms with E-state index in [2.05, 4.69) is 24.5 Å². The number of anilines is 1. The predicted molar refractivity (Wildman–Crippen MR) is 76.8 cm³/mol. The Morgan fingerprint density at radius 2 is 1.95 bits per heavy atom. The van der Waals surface area contributed by atoms with E-state index in [1.807, 2.05) is 12.1 Å². The molecule has 0 aliphatic rings. The lowest BCUT2D eigenvalue weighted by molar-refractivity contribution is -0.119. The molecule has 0 atom stereocenters. The first kappa shape index (κ1) is 15.5. The topological polar surface area (TPSA) is 88.7 Å². The lowest BCUT2D eigenvalue weighted by atomic mass is 10.1. The third-order valence-electron chi connectivity index (χ3n) is 2.76. The van der Waals surface area contributed by atoms with E-state index in [0.717, 1.165) is 6.42 Å². The molecule has 1 amide bonds. The van der Waals surface area contributed by atoms with Crippen LogP contribution in [0.2, 0.25) is 0 Å². The molecule has 0 radical (unpaired) electrons. The van der Waals surface area contributed by atoms with Gasteiger partial charge in [-0.3, -0.25) is 4.79 Å². The Bertz CT molecular complexity index is 552. The molecule has 5 nitrogen and oxygen atoms in total. The standard InChI is InChI=1S/C15H18N4O/c1-11(2)5-6-18-15(20)10-19-14-4-3-12(8-16)13(7-14)9-17/h3-4,7,11,19H,5-6,10H2,1-2H3,(H,18,20). The maximum Gasteiger partial charge on any atom is 0.239 e. The van der Waals surface area contributed by atoms with Gasteiger partial charge in [0.25, 0.3) is 0 Å². The van der Waals surface area contributed by atoms with Gasteiger partial charge in [-0.25, -0.2) is 0 Å². The average molecular weight is 270 g/mol. The number of carbonyl (C=O) groups is 1. The molecule has 0 bridgehead atoms. The van der Waals surface area contributed by atoms with Gasteiger partial charge in [0.15, 0.2) is 0 Å². The molecule has 1 aromatic rings. The van der Waals surface area contributed by atoms with Gasteiger partial charge in [-0.1, -0.05) is 13.8 Å². The molecule has 104 valence electrons. The molecule has 0 aliphatic carbocycles. The Labute approximate surface area is 119 Å². The van der Waals surface area contributed by atoms with Gasteiger partial charge in [-0.15, -0.1) is 0 Å². The number of carbonyl (C=O) groups excluding carboxylic acids is 1. The van der Waals surface area contributed by atoms with Gasteiger partial charge in [-0.05, 0) is 30.5 Å². The minimum Gasteiger partial charge on any atom is -0.376 e. The van der Waals surface area contributed by atoms with Crippen LogP contribution in [0.25, 0.3) is 0 Å². The van der Waals surface area contributed by atoms with Crippen molar-refractivity contribution in [3.05, 3.63) is 29.3 Å². The van der Waals surface area contributed by atoms with Crippen LogP contribution < -0.4 is 10.6 Å². The van der Waals surface area contributed by atoms with Gasteiger partial charge in [0, 0.05) is 12.2 Å². The second kappa shape index (κ2) is 7.81. The molecular weight excluding hydrogens is 252 g/mol. The molecule has 0 spiro atoms. The Balaban J connectivity index is 2.48. The van der Waals surface area contributed by atoms with Crippen LogP contribution in [0.15, 0.2) is 18.2 Å². The van der Waals surface area contributed by atoms with E-state index in [9.17, 15) is 4.79 Å². The van der Waals surface area contributed by atoms with Crippen molar-refractivity contribution in [3.63, 3.8) is 0 Å². The van der Waals surface area contributed by atoms with Crippen molar-refractivity contribution in [2.45, 2.75) is 20.3 Å². The quantitative estimate of drug-likeness (QED) is 0.827. The first-order valence-electron chi connectivity index (χ1n) is 6.51. The SMILES string of the molecule is CC(C)CCNC(=O)CNc1ccc(C#N)c(C#N)c1. The highest BCUT2D eigenvalue weighted by Gasteiger charge is 2.05. The molecule has 0 aliphatic heterocycles. The molecule has 0 unspecified atom stereocenters. The average Bonchev–Trinajstić information content (AvgIpc) is 2.44. The zero-order valence-electron chi connectivity index (χ0n) is 11.7. The zero-order chi connectivity index (χ0) is 15.0. The Kier molecular flexibility index (Phi) is 6.06. The molecule has 1 aromatic carbocycles. The van der Waals surface area contributed by atoms with Gasteiger partial charge < -0.3 is 10.6 Å². The van der Waals surface area contributed by atoms with Gasteiger partial charge in [-0.2, -0.15) is 10.5 Å². The fourth-order valence-electron chi connectivity index (χ4n) is 1.59. The van der Waals surface area contributed by atoms with Crippen molar-refractivity contribution in [1.82, 2.24) is 5.32 Å². The van der Waals surface area contributed by atoms with Crippen LogP contribution in [0.5, 0.6) is 0 Å². The van der Waals surface area contributed by atoms with Gasteiger partial charge in [0.1, 0.15) is 12.1 Å². The number of hydrogen-bond donors (Lipinski definition) is 2. The maximum atomic E-state index is 11.6. The Morgan fingerprint density at radius 3 is 2.55 bits per heavy atom. The highest BCUT2D eigenvalue weighted by atomic mass is 16.1. The first-order valence-corrected chi connectivity index (χ1v) is 6.51. The molecule has 0 saturated carbocycles. The normalized spacial score (nSPS) is 9.65. The van der Waals surface area contributed by atoms with Crippen LogP contribution in [-0.2, 0) is 4.79 Å². The summed E-state index contributed by atoms with van der Waals surface area (Å²) < 4.78 is 0. The van der Waals surface area contributed by atoms with E-state index in [4.69, 9.17) is 10.5 Å². The van der Waals surface area contributed by atoms with E-state index in [-0.39, 0.29) is 12.5 Å². The fourth-order valence-corrected chi connectivity index (χ4v) is 1.59. The molecule has 5 heteroatoms. The van der Waals surface area contributed by atoms with Crippen LogP contribution in [-0.4, -0.2) is 19.0 Å². The van der Waals surface area contributed by atoms with Crippen LogP contribution in [0.1, 0.15) is 31.4 Å². The first-order chi connectivity index (χ1) is 9.56. The second-order valence-corrected chi connectivity index (χ2v) is 4.87. The van der Waals surface area contributed by atoms with E-state index in [1.54, 1.807) is 18.2 Å². The molecule has 1 rings (SSSR count). The summed E-state index contributed by atoms with van der Waals surface area (Å²) in [6.07, 6.45) is 0.946. The number of nitriles is 2. The van der Waals surface area contributed by atoms with Crippen LogP contribution in [0.3, 0.4) is 0 Å². The van der Waals surface area contributed by atoms with Crippen molar-refractivity contribution < 1.29 is 4.79 Å². The van der Waals surface area contributed by atoms with Crippen LogP contribution in [0, 0.1) is 28.6 Å². The lowest BCUT2D eigenvalue weighted by Gasteiger charge is -2.09. The molecule has 0 aromatic heterocycles. The molecule has 0 heterocycles. The summed E-state index contributed by atoms with van der Waals surface area (Å²) in [4.78, 5) is 11.6. The van der Waals surface area contributed by atoms with E-state index >= 15 is 0 Å².